The Labute approximate surface area is 125 Å². The van der Waals surface area contributed by atoms with Gasteiger partial charge < -0.3 is 10.1 Å². The van der Waals surface area contributed by atoms with Crippen molar-refractivity contribution in [3.05, 3.63) is 17.5 Å². The molecule has 0 aliphatic heterocycles. The van der Waals surface area contributed by atoms with Gasteiger partial charge in [-0.25, -0.2) is 0 Å². The standard InChI is InChI=1S/C15H25N3O3/c1-4-5-6-8-16-14(19)11-21-15(20)7-9-18-13(3)10-12(2)17-18/h10H,4-9,11H2,1-3H3,(H,16,19). The number of ether oxygens (including phenoxy) is 1. The second kappa shape index (κ2) is 9.15. The summed E-state index contributed by atoms with van der Waals surface area (Å²) in [4.78, 5) is 23.0. The lowest BCUT2D eigenvalue weighted by Crippen LogP contribution is -2.29. The highest BCUT2D eigenvalue weighted by molar-refractivity contribution is 5.80. The van der Waals surface area contributed by atoms with Gasteiger partial charge in [0.25, 0.3) is 5.91 Å². The number of hydrogen-bond acceptors (Lipinski definition) is 4. The van der Waals surface area contributed by atoms with Gasteiger partial charge in [-0.3, -0.25) is 14.3 Å². The highest BCUT2D eigenvalue weighted by Crippen LogP contribution is 2.03. The molecule has 0 radical (unpaired) electrons. The maximum absolute atomic E-state index is 11.6. The molecular formula is C15H25N3O3. The number of unbranched alkanes of at least 4 members (excludes halogenated alkanes) is 2. The average Bonchev–Trinajstić information content (AvgIpc) is 2.77. The number of carbonyl (C=O) groups excluding carboxylic acids is 2. The minimum Gasteiger partial charge on any atom is -0.456 e. The van der Waals surface area contributed by atoms with Crippen molar-refractivity contribution in [2.45, 2.75) is 53.0 Å². The van der Waals surface area contributed by atoms with Crippen LogP contribution in [0.15, 0.2) is 6.07 Å². The van der Waals surface area contributed by atoms with Crippen LogP contribution in [0, 0.1) is 13.8 Å². The summed E-state index contributed by atoms with van der Waals surface area (Å²) >= 11 is 0. The second-order valence-electron chi connectivity index (χ2n) is 5.12. The number of hydrogen-bond donors (Lipinski definition) is 1. The zero-order valence-corrected chi connectivity index (χ0v) is 13.1. The molecule has 1 rings (SSSR count). The van der Waals surface area contributed by atoms with Crippen LogP contribution in [0.3, 0.4) is 0 Å². The molecule has 1 aromatic rings. The van der Waals surface area contributed by atoms with Gasteiger partial charge in [-0.15, -0.1) is 0 Å². The molecule has 1 amide bonds. The summed E-state index contributed by atoms with van der Waals surface area (Å²) in [5.74, 6) is -0.628. The van der Waals surface area contributed by atoms with Gasteiger partial charge >= 0.3 is 5.97 Å². The fourth-order valence-corrected chi connectivity index (χ4v) is 1.97. The Kier molecular flexibility index (Phi) is 7.50. The number of rotatable bonds is 9. The summed E-state index contributed by atoms with van der Waals surface area (Å²) in [5, 5.41) is 6.99. The van der Waals surface area contributed by atoms with Gasteiger partial charge in [-0.1, -0.05) is 19.8 Å². The molecule has 0 aromatic carbocycles. The molecule has 0 saturated heterocycles. The molecular weight excluding hydrogens is 270 g/mol. The molecule has 118 valence electrons. The maximum Gasteiger partial charge on any atom is 0.308 e. The number of aryl methyl sites for hydroxylation is 3. The predicted octanol–water partition coefficient (Wildman–Crippen LogP) is 1.74. The first kappa shape index (κ1) is 17.2. The van der Waals surface area contributed by atoms with E-state index in [1.807, 2.05) is 19.9 Å². The fraction of sp³-hybridized carbons (Fsp3) is 0.667. The quantitative estimate of drug-likeness (QED) is 0.556. The van der Waals surface area contributed by atoms with Crippen LogP contribution in [0.5, 0.6) is 0 Å². The number of esters is 1. The van der Waals surface area contributed by atoms with Crippen LogP contribution in [0.2, 0.25) is 0 Å². The molecule has 0 saturated carbocycles. The van der Waals surface area contributed by atoms with E-state index in [-0.39, 0.29) is 24.9 Å². The topological polar surface area (TPSA) is 73.2 Å². The summed E-state index contributed by atoms with van der Waals surface area (Å²) < 4.78 is 6.70. The largest absolute Gasteiger partial charge is 0.456 e. The van der Waals surface area contributed by atoms with E-state index in [2.05, 4.69) is 17.3 Å². The lowest BCUT2D eigenvalue weighted by atomic mass is 10.2. The molecule has 1 heterocycles. The summed E-state index contributed by atoms with van der Waals surface area (Å²) in [5.41, 5.74) is 1.93. The van der Waals surface area contributed by atoms with E-state index in [0.29, 0.717) is 13.1 Å². The van der Waals surface area contributed by atoms with Crippen LogP contribution in [-0.4, -0.2) is 34.8 Å². The number of nitrogens with one attached hydrogen (secondary N) is 1. The van der Waals surface area contributed by atoms with Crippen LogP contribution in [-0.2, 0) is 20.9 Å². The number of carbonyl (C=O) groups is 2. The monoisotopic (exact) mass is 295 g/mol. The van der Waals surface area contributed by atoms with Crippen LogP contribution in [0.1, 0.15) is 44.0 Å². The summed E-state index contributed by atoms with van der Waals surface area (Å²) in [7, 11) is 0. The van der Waals surface area contributed by atoms with Gasteiger partial charge in [0.1, 0.15) is 0 Å². The van der Waals surface area contributed by atoms with Crippen LogP contribution < -0.4 is 5.32 Å². The van der Waals surface area contributed by atoms with Gasteiger partial charge in [0.2, 0.25) is 0 Å². The van der Waals surface area contributed by atoms with Crippen molar-refractivity contribution >= 4 is 11.9 Å². The van der Waals surface area contributed by atoms with Crippen LogP contribution in [0.4, 0.5) is 0 Å². The number of amides is 1. The third-order valence-corrected chi connectivity index (χ3v) is 3.10. The predicted molar refractivity (Wildman–Crippen MR) is 79.8 cm³/mol. The molecule has 6 nitrogen and oxygen atoms in total. The van der Waals surface area contributed by atoms with Crippen molar-refractivity contribution < 1.29 is 14.3 Å². The molecule has 1 aromatic heterocycles. The highest BCUT2D eigenvalue weighted by atomic mass is 16.5. The van der Waals surface area contributed by atoms with Gasteiger partial charge in [0.15, 0.2) is 6.61 Å². The lowest BCUT2D eigenvalue weighted by molar-refractivity contribution is -0.148. The summed E-state index contributed by atoms with van der Waals surface area (Å²) in [6, 6.07) is 1.95. The van der Waals surface area contributed by atoms with E-state index in [9.17, 15) is 9.59 Å². The summed E-state index contributed by atoms with van der Waals surface area (Å²) in [6.07, 6.45) is 3.36. The Balaban J connectivity index is 2.16. The van der Waals surface area contributed by atoms with Crippen molar-refractivity contribution in [2.75, 3.05) is 13.2 Å². The maximum atomic E-state index is 11.6. The third kappa shape index (κ3) is 6.92. The van der Waals surface area contributed by atoms with Crippen molar-refractivity contribution in [3.63, 3.8) is 0 Å². The van der Waals surface area contributed by atoms with Gasteiger partial charge in [-0.2, -0.15) is 5.10 Å². The smallest absolute Gasteiger partial charge is 0.308 e. The second-order valence-corrected chi connectivity index (χ2v) is 5.12. The van der Waals surface area contributed by atoms with Crippen LogP contribution >= 0.6 is 0 Å². The first-order valence-electron chi connectivity index (χ1n) is 7.46. The van der Waals surface area contributed by atoms with E-state index in [1.54, 1.807) is 4.68 Å². The van der Waals surface area contributed by atoms with E-state index < -0.39 is 0 Å². The van der Waals surface area contributed by atoms with Crippen molar-refractivity contribution in [1.82, 2.24) is 15.1 Å². The molecule has 0 unspecified atom stereocenters. The third-order valence-electron chi connectivity index (χ3n) is 3.10. The van der Waals surface area contributed by atoms with Crippen molar-refractivity contribution in [1.29, 1.82) is 0 Å². The molecule has 0 aliphatic carbocycles. The molecule has 0 fully saturated rings. The number of aromatic nitrogens is 2. The SMILES string of the molecule is CCCCCNC(=O)COC(=O)CCn1nc(C)cc1C. The van der Waals surface area contributed by atoms with Gasteiger partial charge in [0.05, 0.1) is 18.7 Å². The summed E-state index contributed by atoms with van der Waals surface area (Å²) in [6.45, 7) is 6.85. The van der Waals surface area contributed by atoms with E-state index in [1.165, 1.54) is 0 Å². The van der Waals surface area contributed by atoms with E-state index in [0.717, 1.165) is 30.7 Å². The first-order chi connectivity index (χ1) is 10.0. The minimum atomic E-state index is -0.383. The van der Waals surface area contributed by atoms with Crippen molar-refractivity contribution in [2.24, 2.45) is 0 Å². The minimum absolute atomic E-state index is 0.206. The Morgan fingerprint density at radius 1 is 1.33 bits per heavy atom. The van der Waals surface area contributed by atoms with E-state index >= 15 is 0 Å². The van der Waals surface area contributed by atoms with Gasteiger partial charge in [0, 0.05) is 12.2 Å². The van der Waals surface area contributed by atoms with Crippen LogP contribution in [0.25, 0.3) is 0 Å². The highest BCUT2D eigenvalue weighted by Gasteiger charge is 2.09. The molecule has 6 heteroatoms. The lowest BCUT2D eigenvalue weighted by Gasteiger charge is -2.07. The van der Waals surface area contributed by atoms with Crippen molar-refractivity contribution in [3.8, 4) is 0 Å². The molecule has 1 N–H and O–H groups in total. The molecule has 0 bridgehead atoms. The average molecular weight is 295 g/mol. The van der Waals surface area contributed by atoms with Gasteiger partial charge in [-0.05, 0) is 26.3 Å². The number of nitrogens with zero attached hydrogens (tertiary/aromatic N) is 2. The first-order valence-corrected chi connectivity index (χ1v) is 7.46. The Morgan fingerprint density at radius 2 is 2.10 bits per heavy atom. The molecule has 0 aliphatic rings. The Hall–Kier alpha value is -1.85. The normalized spacial score (nSPS) is 10.4. The molecule has 21 heavy (non-hydrogen) atoms. The molecule has 0 spiro atoms. The molecule has 0 atom stereocenters. The zero-order chi connectivity index (χ0) is 15.7. The van der Waals surface area contributed by atoms with E-state index in [4.69, 9.17) is 4.74 Å². The Morgan fingerprint density at radius 3 is 2.71 bits per heavy atom. The fourth-order valence-electron chi connectivity index (χ4n) is 1.97. The zero-order valence-electron chi connectivity index (χ0n) is 13.1. The Bertz CT molecular complexity index is 469.